The van der Waals surface area contributed by atoms with Crippen molar-refractivity contribution in [1.82, 2.24) is 4.90 Å². The van der Waals surface area contributed by atoms with E-state index in [4.69, 9.17) is 0 Å². The van der Waals surface area contributed by atoms with E-state index in [-0.39, 0.29) is 6.03 Å². The van der Waals surface area contributed by atoms with Crippen LogP contribution >= 0.6 is 0 Å². The maximum Gasteiger partial charge on any atom is 0.321 e. The van der Waals surface area contributed by atoms with Crippen LogP contribution in [0.3, 0.4) is 0 Å². The molecule has 0 unspecified atom stereocenters. The molecule has 17 heavy (non-hydrogen) atoms. The third-order valence-electron chi connectivity index (χ3n) is 3.15. The number of benzene rings is 1. The fourth-order valence-electron chi connectivity index (χ4n) is 1.92. The first-order valence-corrected chi connectivity index (χ1v) is 5.90. The third-order valence-corrected chi connectivity index (χ3v) is 3.15. The van der Waals surface area contributed by atoms with Gasteiger partial charge in [-0.25, -0.2) is 4.79 Å². The molecule has 1 saturated heterocycles. The second-order valence-corrected chi connectivity index (χ2v) is 4.78. The third kappa shape index (κ3) is 3.20. The Morgan fingerprint density at radius 3 is 2.47 bits per heavy atom. The zero-order valence-electron chi connectivity index (χ0n) is 10.0. The van der Waals surface area contributed by atoms with Crippen molar-refractivity contribution in [1.29, 1.82) is 0 Å². The summed E-state index contributed by atoms with van der Waals surface area (Å²) in [6, 6.07) is 9.31. The number of likely N-dealkylation sites (tertiary alicyclic amines) is 1. The molecular formula is C13H18N2O2. The molecular weight excluding hydrogens is 216 g/mol. The van der Waals surface area contributed by atoms with E-state index in [0.717, 1.165) is 5.69 Å². The van der Waals surface area contributed by atoms with Gasteiger partial charge in [0, 0.05) is 18.8 Å². The Kier molecular flexibility index (Phi) is 3.33. The van der Waals surface area contributed by atoms with Gasteiger partial charge in [0.15, 0.2) is 0 Å². The summed E-state index contributed by atoms with van der Waals surface area (Å²) in [4.78, 5) is 13.7. The number of hydrogen-bond donors (Lipinski definition) is 2. The van der Waals surface area contributed by atoms with Gasteiger partial charge < -0.3 is 15.3 Å². The van der Waals surface area contributed by atoms with Gasteiger partial charge in [0.05, 0.1) is 5.60 Å². The summed E-state index contributed by atoms with van der Waals surface area (Å²) in [5, 5.41) is 12.6. The highest BCUT2D eigenvalue weighted by atomic mass is 16.3. The largest absolute Gasteiger partial charge is 0.390 e. The molecule has 2 N–H and O–H groups in total. The minimum absolute atomic E-state index is 0.0910. The number of anilines is 1. The highest BCUT2D eigenvalue weighted by Crippen LogP contribution is 2.21. The molecule has 0 bridgehead atoms. The van der Waals surface area contributed by atoms with Gasteiger partial charge >= 0.3 is 6.03 Å². The van der Waals surface area contributed by atoms with Crippen LogP contribution in [0.4, 0.5) is 10.5 Å². The lowest BCUT2D eigenvalue weighted by molar-refractivity contribution is 0.00570. The van der Waals surface area contributed by atoms with Crippen LogP contribution in [0.1, 0.15) is 19.8 Å². The van der Waals surface area contributed by atoms with E-state index in [2.05, 4.69) is 5.32 Å². The van der Waals surface area contributed by atoms with Gasteiger partial charge in [-0.1, -0.05) is 18.2 Å². The number of amides is 2. The van der Waals surface area contributed by atoms with Crippen LogP contribution in [0, 0.1) is 0 Å². The summed E-state index contributed by atoms with van der Waals surface area (Å²) in [6.45, 7) is 3.02. The van der Waals surface area contributed by atoms with Crippen molar-refractivity contribution >= 4 is 11.7 Å². The molecule has 0 saturated carbocycles. The quantitative estimate of drug-likeness (QED) is 0.781. The van der Waals surface area contributed by atoms with E-state index in [1.165, 1.54) is 0 Å². The van der Waals surface area contributed by atoms with Gasteiger partial charge in [0.2, 0.25) is 0 Å². The highest BCUT2D eigenvalue weighted by Gasteiger charge is 2.29. The number of hydrogen-bond acceptors (Lipinski definition) is 2. The standard InChI is InChI=1S/C13H18N2O2/c1-13(17)7-9-15(10-8-13)12(16)14-11-5-3-2-4-6-11/h2-6,17H,7-10H2,1H3,(H,14,16). The minimum Gasteiger partial charge on any atom is -0.390 e. The van der Waals surface area contributed by atoms with Gasteiger partial charge in [0.1, 0.15) is 0 Å². The molecule has 1 heterocycles. The molecule has 0 aliphatic carbocycles. The Bertz CT molecular complexity index is 380. The molecule has 0 spiro atoms. The van der Waals surface area contributed by atoms with Crippen LogP contribution in [0.5, 0.6) is 0 Å². The van der Waals surface area contributed by atoms with Gasteiger partial charge in [-0.3, -0.25) is 0 Å². The molecule has 1 aliphatic rings. The van der Waals surface area contributed by atoms with Gasteiger partial charge in [0.25, 0.3) is 0 Å². The van der Waals surface area contributed by atoms with Crippen LogP contribution in [-0.4, -0.2) is 34.7 Å². The van der Waals surface area contributed by atoms with Gasteiger partial charge in [-0.05, 0) is 31.9 Å². The first kappa shape index (κ1) is 11.9. The Morgan fingerprint density at radius 2 is 1.88 bits per heavy atom. The normalized spacial score (nSPS) is 18.8. The summed E-state index contributed by atoms with van der Waals surface area (Å²) < 4.78 is 0. The van der Waals surface area contributed by atoms with Crippen LogP contribution < -0.4 is 5.32 Å². The number of carbonyl (C=O) groups excluding carboxylic acids is 1. The number of urea groups is 1. The minimum atomic E-state index is -0.622. The maximum atomic E-state index is 11.9. The lowest BCUT2D eigenvalue weighted by atomic mass is 9.94. The Labute approximate surface area is 101 Å². The molecule has 2 amide bonds. The van der Waals surface area contributed by atoms with Crippen molar-refractivity contribution in [2.24, 2.45) is 0 Å². The molecule has 1 fully saturated rings. The zero-order valence-corrected chi connectivity index (χ0v) is 10.0. The number of nitrogens with one attached hydrogen (secondary N) is 1. The van der Waals surface area contributed by atoms with E-state index < -0.39 is 5.60 Å². The molecule has 1 aromatic carbocycles. The summed E-state index contributed by atoms with van der Waals surface area (Å²) in [5.74, 6) is 0. The lowest BCUT2D eigenvalue weighted by Crippen LogP contribution is -2.46. The maximum absolute atomic E-state index is 11.9. The van der Waals surface area contributed by atoms with E-state index in [0.29, 0.717) is 25.9 Å². The van der Waals surface area contributed by atoms with Crippen molar-refractivity contribution in [3.63, 3.8) is 0 Å². The van der Waals surface area contributed by atoms with E-state index in [1.807, 2.05) is 37.3 Å². The summed E-state index contributed by atoms with van der Waals surface area (Å²) in [5.41, 5.74) is 0.179. The smallest absolute Gasteiger partial charge is 0.321 e. The summed E-state index contributed by atoms with van der Waals surface area (Å²) >= 11 is 0. The van der Waals surface area contributed by atoms with Crippen LogP contribution in [0.2, 0.25) is 0 Å². The van der Waals surface area contributed by atoms with E-state index in [9.17, 15) is 9.90 Å². The molecule has 92 valence electrons. The van der Waals surface area contributed by atoms with E-state index >= 15 is 0 Å². The fourth-order valence-corrected chi connectivity index (χ4v) is 1.92. The molecule has 4 nitrogen and oxygen atoms in total. The predicted molar refractivity (Wildman–Crippen MR) is 66.9 cm³/mol. The lowest BCUT2D eigenvalue weighted by Gasteiger charge is -2.35. The second-order valence-electron chi connectivity index (χ2n) is 4.78. The number of aliphatic hydroxyl groups is 1. The van der Waals surface area contributed by atoms with Crippen LogP contribution in [0.15, 0.2) is 30.3 Å². The molecule has 1 aromatic rings. The number of nitrogens with zero attached hydrogens (tertiary/aromatic N) is 1. The van der Waals surface area contributed by atoms with Crippen molar-refractivity contribution < 1.29 is 9.90 Å². The molecule has 0 atom stereocenters. The monoisotopic (exact) mass is 234 g/mol. The van der Waals surface area contributed by atoms with Gasteiger partial charge in [-0.15, -0.1) is 0 Å². The number of rotatable bonds is 1. The topological polar surface area (TPSA) is 52.6 Å². The summed E-state index contributed by atoms with van der Waals surface area (Å²) in [6.07, 6.45) is 1.27. The first-order chi connectivity index (χ1) is 8.07. The first-order valence-electron chi connectivity index (χ1n) is 5.90. The average Bonchev–Trinajstić information content (AvgIpc) is 2.30. The number of carbonyl (C=O) groups is 1. The summed E-state index contributed by atoms with van der Waals surface area (Å²) in [7, 11) is 0. The highest BCUT2D eigenvalue weighted by molar-refractivity contribution is 5.89. The number of para-hydroxylation sites is 1. The second kappa shape index (κ2) is 4.75. The van der Waals surface area contributed by atoms with Crippen LogP contribution in [-0.2, 0) is 0 Å². The fraction of sp³-hybridized carbons (Fsp3) is 0.462. The van der Waals surface area contributed by atoms with Crippen LogP contribution in [0.25, 0.3) is 0 Å². The number of piperidine rings is 1. The molecule has 4 heteroatoms. The SMILES string of the molecule is CC1(O)CCN(C(=O)Nc2ccccc2)CC1. The average molecular weight is 234 g/mol. The zero-order chi connectivity index (χ0) is 12.3. The molecule has 0 radical (unpaired) electrons. The van der Waals surface area contributed by atoms with Crippen molar-refractivity contribution in [3.05, 3.63) is 30.3 Å². The van der Waals surface area contributed by atoms with Crippen molar-refractivity contribution in [2.45, 2.75) is 25.4 Å². The van der Waals surface area contributed by atoms with Crippen molar-refractivity contribution in [2.75, 3.05) is 18.4 Å². The van der Waals surface area contributed by atoms with Gasteiger partial charge in [-0.2, -0.15) is 0 Å². The predicted octanol–water partition coefficient (Wildman–Crippen LogP) is 2.07. The van der Waals surface area contributed by atoms with E-state index in [1.54, 1.807) is 4.90 Å². The Balaban J connectivity index is 1.90. The molecule has 0 aromatic heterocycles. The molecule has 2 rings (SSSR count). The Hall–Kier alpha value is -1.55. The Morgan fingerprint density at radius 1 is 1.29 bits per heavy atom. The molecule has 1 aliphatic heterocycles. The van der Waals surface area contributed by atoms with Crippen molar-refractivity contribution in [3.8, 4) is 0 Å².